The summed E-state index contributed by atoms with van der Waals surface area (Å²) in [7, 11) is 0. The molecular weight excluding hydrogens is 270 g/mol. The molecule has 1 aromatic carbocycles. The maximum Gasteiger partial charge on any atom is 0.321 e. The Bertz CT molecular complexity index is 701. The summed E-state index contributed by atoms with van der Waals surface area (Å²) < 4.78 is 0. The van der Waals surface area contributed by atoms with Gasteiger partial charge in [-0.05, 0) is 18.6 Å². The average Bonchev–Trinajstić information content (AvgIpc) is 2.97. The van der Waals surface area contributed by atoms with Crippen molar-refractivity contribution in [2.24, 2.45) is 5.92 Å². The van der Waals surface area contributed by atoms with Crippen molar-refractivity contribution in [1.29, 1.82) is 0 Å². The first-order valence-corrected chi connectivity index (χ1v) is 6.77. The number of nitrogens with zero attached hydrogens (tertiary/aromatic N) is 2. The number of carboxylic acid groups (broad SMARTS) is 1. The maximum absolute atomic E-state index is 12.1. The Morgan fingerprint density at radius 1 is 1.33 bits per heavy atom. The van der Waals surface area contributed by atoms with Crippen LogP contribution in [0.3, 0.4) is 0 Å². The summed E-state index contributed by atoms with van der Waals surface area (Å²) in [5.74, 6) is -1.32. The molecule has 1 aromatic heterocycles. The summed E-state index contributed by atoms with van der Waals surface area (Å²) in [6, 6.07) is 9.21. The van der Waals surface area contributed by atoms with Gasteiger partial charge in [0.05, 0.1) is 23.3 Å². The summed E-state index contributed by atoms with van der Waals surface area (Å²) in [4.78, 5) is 28.8. The predicted molar refractivity (Wildman–Crippen MR) is 78.1 cm³/mol. The van der Waals surface area contributed by atoms with Crippen molar-refractivity contribution >= 4 is 28.6 Å². The van der Waals surface area contributed by atoms with Crippen molar-refractivity contribution in [3.63, 3.8) is 0 Å². The molecule has 3 rings (SSSR count). The second kappa shape index (κ2) is 5.40. The molecule has 0 bridgehead atoms. The summed E-state index contributed by atoms with van der Waals surface area (Å²) >= 11 is 0. The topological polar surface area (TPSA) is 82.5 Å². The number of anilines is 1. The van der Waals surface area contributed by atoms with Gasteiger partial charge < -0.3 is 15.3 Å². The van der Waals surface area contributed by atoms with Crippen LogP contribution in [0.25, 0.3) is 10.9 Å². The minimum Gasteiger partial charge on any atom is -0.481 e. The molecule has 1 fully saturated rings. The highest BCUT2D eigenvalue weighted by Gasteiger charge is 2.30. The molecule has 2 amide bonds. The Labute approximate surface area is 121 Å². The molecule has 0 spiro atoms. The van der Waals surface area contributed by atoms with Crippen molar-refractivity contribution in [2.45, 2.75) is 6.42 Å². The number of urea groups is 1. The molecule has 0 radical (unpaired) electrons. The normalized spacial score (nSPS) is 17.9. The molecule has 2 N–H and O–H groups in total. The number of rotatable bonds is 2. The van der Waals surface area contributed by atoms with E-state index in [1.54, 1.807) is 6.20 Å². The number of likely N-dealkylation sites (tertiary alicyclic amines) is 1. The highest BCUT2D eigenvalue weighted by molar-refractivity contribution is 5.92. The molecule has 108 valence electrons. The number of aromatic nitrogens is 1. The zero-order valence-corrected chi connectivity index (χ0v) is 11.3. The summed E-state index contributed by atoms with van der Waals surface area (Å²) in [6.07, 6.45) is 2.10. The fourth-order valence-electron chi connectivity index (χ4n) is 2.49. The first-order chi connectivity index (χ1) is 10.1. The van der Waals surface area contributed by atoms with E-state index in [1.807, 2.05) is 30.3 Å². The molecule has 1 unspecified atom stereocenters. The van der Waals surface area contributed by atoms with Gasteiger partial charge in [0.1, 0.15) is 0 Å². The van der Waals surface area contributed by atoms with Crippen molar-refractivity contribution in [3.05, 3.63) is 36.5 Å². The quantitative estimate of drug-likeness (QED) is 0.886. The Morgan fingerprint density at radius 3 is 2.90 bits per heavy atom. The van der Waals surface area contributed by atoms with E-state index in [2.05, 4.69) is 10.3 Å². The molecular formula is C15H15N3O3. The Kier molecular flexibility index (Phi) is 3.43. The third-order valence-corrected chi connectivity index (χ3v) is 3.67. The first-order valence-electron chi connectivity index (χ1n) is 6.77. The monoisotopic (exact) mass is 285 g/mol. The zero-order chi connectivity index (χ0) is 14.8. The maximum atomic E-state index is 12.1. The van der Waals surface area contributed by atoms with Crippen LogP contribution in [0, 0.1) is 5.92 Å². The Balaban J connectivity index is 1.70. The average molecular weight is 285 g/mol. The van der Waals surface area contributed by atoms with Crippen LogP contribution in [0.5, 0.6) is 0 Å². The molecule has 21 heavy (non-hydrogen) atoms. The van der Waals surface area contributed by atoms with E-state index in [-0.39, 0.29) is 12.6 Å². The van der Waals surface area contributed by atoms with Crippen molar-refractivity contribution in [1.82, 2.24) is 9.88 Å². The largest absolute Gasteiger partial charge is 0.481 e. The summed E-state index contributed by atoms with van der Waals surface area (Å²) in [6.45, 7) is 0.714. The molecule has 6 heteroatoms. The molecule has 2 aromatic rings. The van der Waals surface area contributed by atoms with E-state index in [1.165, 1.54) is 4.90 Å². The molecule has 0 saturated carbocycles. The second-order valence-electron chi connectivity index (χ2n) is 5.12. The van der Waals surface area contributed by atoms with Crippen LogP contribution in [0.1, 0.15) is 6.42 Å². The smallest absolute Gasteiger partial charge is 0.321 e. The highest BCUT2D eigenvalue weighted by atomic mass is 16.4. The van der Waals surface area contributed by atoms with Crippen LogP contribution in [0.15, 0.2) is 36.5 Å². The predicted octanol–water partition coefficient (Wildman–Crippen LogP) is 2.17. The van der Waals surface area contributed by atoms with Crippen LogP contribution < -0.4 is 5.32 Å². The van der Waals surface area contributed by atoms with Gasteiger partial charge in [-0.25, -0.2) is 4.79 Å². The number of benzene rings is 1. The van der Waals surface area contributed by atoms with Crippen LogP contribution in [-0.4, -0.2) is 40.1 Å². The van der Waals surface area contributed by atoms with Crippen LogP contribution in [0.4, 0.5) is 10.5 Å². The number of hydrogen-bond donors (Lipinski definition) is 2. The zero-order valence-electron chi connectivity index (χ0n) is 11.3. The van der Waals surface area contributed by atoms with Crippen LogP contribution >= 0.6 is 0 Å². The number of carboxylic acids is 1. The van der Waals surface area contributed by atoms with E-state index in [0.29, 0.717) is 18.7 Å². The van der Waals surface area contributed by atoms with Crippen LogP contribution in [-0.2, 0) is 4.79 Å². The van der Waals surface area contributed by atoms with E-state index in [0.717, 1.165) is 10.9 Å². The van der Waals surface area contributed by atoms with Gasteiger partial charge >= 0.3 is 12.0 Å². The van der Waals surface area contributed by atoms with Gasteiger partial charge in [-0.1, -0.05) is 18.2 Å². The van der Waals surface area contributed by atoms with Gasteiger partial charge in [0.15, 0.2) is 0 Å². The van der Waals surface area contributed by atoms with Crippen molar-refractivity contribution in [2.75, 3.05) is 18.4 Å². The Hall–Kier alpha value is -2.63. The van der Waals surface area contributed by atoms with E-state index >= 15 is 0 Å². The fraction of sp³-hybridized carbons (Fsp3) is 0.267. The lowest BCUT2D eigenvalue weighted by Gasteiger charge is -2.16. The number of carbonyl (C=O) groups excluding carboxylic acids is 1. The number of hydrogen-bond acceptors (Lipinski definition) is 3. The number of fused-ring (bicyclic) bond motifs is 1. The fourth-order valence-corrected chi connectivity index (χ4v) is 2.49. The third kappa shape index (κ3) is 2.79. The second-order valence-corrected chi connectivity index (χ2v) is 5.12. The minimum absolute atomic E-state index is 0.252. The Morgan fingerprint density at radius 2 is 2.14 bits per heavy atom. The van der Waals surface area contributed by atoms with Gasteiger partial charge in [0.25, 0.3) is 0 Å². The number of nitrogens with one attached hydrogen (secondary N) is 1. The molecule has 1 saturated heterocycles. The molecule has 2 heterocycles. The first kappa shape index (κ1) is 13.4. The van der Waals surface area contributed by atoms with Gasteiger partial charge in [-0.15, -0.1) is 0 Å². The molecule has 6 nitrogen and oxygen atoms in total. The van der Waals surface area contributed by atoms with E-state index < -0.39 is 11.9 Å². The van der Waals surface area contributed by atoms with E-state index in [9.17, 15) is 9.59 Å². The standard InChI is InChI=1S/C15H15N3O3/c19-14(20)11-5-6-18(9-11)15(21)17-12-7-10-3-1-2-4-13(10)16-8-12/h1-4,7-8,11H,5-6,9H2,(H,17,21)(H,19,20). The van der Waals surface area contributed by atoms with Gasteiger partial charge in [-0.2, -0.15) is 0 Å². The van der Waals surface area contributed by atoms with Crippen molar-refractivity contribution in [3.8, 4) is 0 Å². The van der Waals surface area contributed by atoms with Crippen LogP contribution in [0.2, 0.25) is 0 Å². The lowest BCUT2D eigenvalue weighted by molar-refractivity contribution is -0.141. The van der Waals surface area contributed by atoms with Gasteiger partial charge in [-0.3, -0.25) is 9.78 Å². The van der Waals surface area contributed by atoms with Gasteiger partial charge in [0, 0.05) is 18.5 Å². The number of para-hydroxylation sites is 1. The lowest BCUT2D eigenvalue weighted by atomic mass is 10.1. The minimum atomic E-state index is -0.849. The number of pyridine rings is 1. The number of amides is 2. The number of carbonyl (C=O) groups is 2. The summed E-state index contributed by atoms with van der Waals surface area (Å²) in [5, 5.41) is 12.7. The summed E-state index contributed by atoms with van der Waals surface area (Å²) in [5.41, 5.74) is 1.47. The lowest BCUT2D eigenvalue weighted by Crippen LogP contribution is -2.33. The molecule has 0 aliphatic carbocycles. The number of aliphatic carboxylic acids is 1. The highest BCUT2D eigenvalue weighted by Crippen LogP contribution is 2.19. The van der Waals surface area contributed by atoms with Crippen molar-refractivity contribution < 1.29 is 14.7 Å². The van der Waals surface area contributed by atoms with Gasteiger partial charge in [0.2, 0.25) is 0 Å². The third-order valence-electron chi connectivity index (χ3n) is 3.67. The molecule has 1 aliphatic rings. The SMILES string of the molecule is O=C(O)C1CCN(C(=O)Nc2cnc3ccccc3c2)C1. The molecule has 1 aliphatic heterocycles. The van der Waals surface area contributed by atoms with E-state index in [4.69, 9.17) is 5.11 Å². The molecule has 1 atom stereocenters.